The lowest BCUT2D eigenvalue weighted by atomic mass is 10.1. The molecule has 0 radical (unpaired) electrons. The summed E-state index contributed by atoms with van der Waals surface area (Å²) in [6.45, 7) is 6.49. The zero-order chi connectivity index (χ0) is 17.6. The summed E-state index contributed by atoms with van der Waals surface area (Å²) >= 11 is 0. The number of piperazine rings is 1. The van der Waals surface area contributed by atoms with Gasteiger partial charge in [-0.3, -0.25) is 9.69 Å². The third-order valence-corrected chi connectivity index (χ3v) is 4.54. The second kappa shape index (κ2) is 9.55. The molecule has 0 unspecified atom stereocenters. The number of rotatable bonds is 5. The van der Waals surface area contributed by atoms with Crippen molar-refractivity contribution in [3.8, 4) is 0 Å². The molecule has 26 heavy (non-hydrogen) atoms. The van der Waals surface area contributed by atoms with Crippen molar-refractivity contribution < 1.29 is 9.18 Å². The summed E-state index contributed by atoms with van der Waals surface area (Å²) < 4.78 is 13.9. The van der Waals surface area contributed by atoms with Gasteiger partial charge in [0.05, 0.1) is 5.69 Å². The lowest BCUT2D eigenvalue weighted by Gasteiger charge is -2.36. The van der Waals surface area contributed by atoms with E-state index in [0.29, 0.717) is 12.2 Å². The molecule has 1 N–H and O–H groups in total. The summed E-state index contributed by atoms with van der Waals surface area (Å²) in [5.74, 6) is -0.164. The highest BCUT2D eigenvalue weighted by molar-refractivity contribution is 5.85. The van der Waals surface area contributed by atoms with Crippen molar-refractivity contribution in [2.24, 2.45) is 0 Å². The van der Waals surface area contributed by atoms with Crippen LogP contribution in [-0.2, 0) is 17.9 Å². The topological polar surface area (TPSA) is 35.6 Å². The Kier molecular flexibility index (Phi) is 7.42. The van der Waals surface area contributed by atoms with Crippen molar-refractivity contribution in [2.75, 3.05) is 31.1 Å². The number of carbonyl (C=O) groups is 1. The van der Waals surface area contributed by atoms with E-state index in [9.17, 15) is 9.18 Å². The van der Waals surface area contributed by atoms with Crippen LogP contribution in [0.3, 0.4) is 0 Å². The first-order valence-electron chi connectivity index (χ1n) is 8.66. The van der Waals surface area contributed by atoms with E-state index in [1.54, 1.807) is 6.07 Å². The molecule has 1 heterocycles. The maximum absolute atomic E-state index is 13.9. The second-order valence-electron chi connectivity index (χ2n) is 6.44. The third-order valence-electron chi connectivity index (χ3n) is 4.54. The lowest BCUT2D eigenvalue weighted by molar-refractivity contribution is -0.119. The van der Waals surface area contributed by atoms with Crippen LogP contribution >= 0.6 is 12.4 Å². The van der Waals surface area contributed by atoms with Crippen molar-refractivity contribution in [3.05, 3.63) is 65.5 Å². The third kappa shape index (κ3) is 5.44. The maximum atomic E-state index is 13.9. The van der Waals surface area contributed by atoms with Gasteiger partial charge >= 0.3 is 0 Å². The molecule has 0 saturated carbocycles. The van der Waals surface area contributed by atoms with Gasteiger partial charge in [-0.25, -0.2) is 4.39 Å². The molecule has 1 aliphatic rings. The number of nitrogens with zero attached hydrogens (tertiary/aromatic N) is 2. The molecule has 1 amide bonds. The molecule has 3 rings (SSSR count). The number of carbonyl (C=O) groups excluding carboxylic acids is 1. The molecular formula is C20H25ClFN3O. The Labute approximate surface area is 160 Å². The van der Waals surface area contributed by atoms with Crippen LogP contribution in [0.2, 0.25) is 0 Å². The van der Waals surface area contributed by atoms with Crippen LogP contribution in [0, 0.1) is 5.82 Å². The normalized spacial score (nSPS) is 14.6. The van der Waals surface area contributed by atoms with Gasteiger partial charge in [0.1, 0.15) is 5.82 Å². The molecule has 0 spiro atoms. The predicted molar refractivity (Wildman–Crippen MR) is 105 cm³/mol. The molecule has 2 aromatic rings. The van der Waals surface area contributed by atoms with Gasteiger partial charge in [-0.15, -0.1) is 12.4 Å². The van der Waals surface area contributed by atoms with Gasteiger partial charge in [0.2, 0.25) is 5.91 Å². The SMILES string of the molecule is CC(=O)NCc1ccc(CN2CCN(c3ccccc3F)CC2)cc1.Cl. The van der Waals surface area contributed by atoms with Crippen molar-refractivity contribution in [1.29, 1.82) is 0 Å². The Bertz CT molecular complexity index is 715. The number of halogens is 2. The van der Waals surface area contributed by atoms with Crippen LogP contribution in [0.1, 0.15) is 18.1 Å². The zero-order valence-electron chi connectivity index (χ0n) is 15.0. The van der Waals surface area contributed by atoms with Gasteiger partial charge in [-0.1, -0.05) is 36.4 Å². The predicted octanol–water partition coefficient (Wildman–Crippen LogP) is 3.21. The van der Waals surface area contributed by atoms with Crippen LogP contribution in [0.25, 0.3) is 0 Å². The van der Waals surface area contributed by atoms with Crippen LogP contribution < -0.4 is 10.2 Å². The van der Waals surface area contributed by atoms with E-state index in [1.807, 2.05) is 12.1 Å². The highest BCUT2D eigenvalue weighted by Crippen LogP contribution is 2.20. The van der Waals surface area contributed by atoms with Gasteiger partial charge in [-0.2, -0.15) is 0 Å². The van der Waals surface area contributed by atoms with E-state index in [1.165, 1.54) is 18.6 Å². The molecule has 140 valence electrons. The first kappa shape index (κ1) is 20.2. The molecule has 4 nitrogen and oxygen atoms in total. The fourth-order valence-electron chi connectivity index (χ4n) is 3.10. The first-order chi connectivity index (χ1) is 12.1. The number of benzene rings is 2. The summed E-state index contributed by atoms with van der Waals surface area (Å²) in [4.78, 5) is 15.5. The highest BCUT2D eigenvalue weighted by atomic mass is 35.5. The van der Waals surface area contributed by atoms with Crippen molar-refractivity contribution in [3.63, 3.8) is 0 Å². The molecule has 0 atom stereocenters. The lowest BCUT2D eigenvalue weighted by Crippen LogP contribution is -2.46. The van der Waals surface area contributed by atoms with Crippen LogP contribution in [0.5, 0.6) is 0 Å². The Balaban J connectivity index is 0.00000243. The summed E-state index contributed by atoms with van der Waals surface area (Å²) in [5, 5.41) is 2.80. The van der Waals surface area contributed by atoms with E-state index in [4.69, 9.17) is 0 Å². The average Bonchev–Trinajstić information content (AvgIpc) is 2.62. The summed E-state index contributed by atoms with van der Waals surface area (Å²) in [5.41, 5.74) is 3.05. The fraction of sp³-hybridized carbons (Fsp3) is 0.350. The van der Waals surface area contributed by atoms with Gasteiger partial charge in [0, 0.05) is 46.2 Å². The highest BCUT2D eigenvalue weighted by Gasteiger charge is 2.19. The first-order valence-corrected chi connectivity index (χ1v) is 8.66. The molecule has 0 aromatic heterocycles. The minimum absolute atomic E-state index is 0. The number of nitrogens with one attached hydrogen (secondary N) is 1. The number of amides is 1. The van der Waals surface area contributed by atoms with Crippen LogP contribution in [0.15, 0.2) is 48.5 Å². The van der Waals surface area contributed by atoms with Crippen molar-refractivity contribution in [2.45, 2.75) is 20.0 Å². The maximum Gasteiger partial charge on any atom is 0.217 e. The molecular weight excluding hydrogens is 353 g/mol. The molecule has 1 aliphatic heterocycles. The number of anilines is 1. The van der Waals surface area contributed by atoms with Gasteiger partial charge < -0.3 is 10.2 Å². The minimum atomic E-state index is -0.147. The van der Waals surface area contributed by atoms with Gasteiger partial charge in [0.25, 0.3) is 0 Å². The summed E-state index contributed by atoms with van der Waals surface area (Å²) in [7, 11) is 0. The fourth-order valence-corrected chi connectivity index (χ4v) is 3.10. The number of hydrogen-bond acceptors (Lipinski definition) is 3. The smallest absolute Gasteiger partial charge is 0.217 e. The number of hydrogen-bond donors (Lipinski definition) is 1. The second-order valence-corrected chi connectivity index (χ2v) is 6.44. The Hall–Kier alpha value is -2.11. The van der Waals surface area contributed by atoms with E-state index < -0.39 is 0 Å². The molecule has 0 aliphatic carbocycles. The number of para-hydroxylation sites is 1. The molecule has 1 fully saturated rings. The van der Waals surface area contributed by atoms with E-state index >= 15 is 0 Å². The zero-order valence-corrected chi connectivity index (χ0v) is 15.8. The van der Waals surface area contributed by atoms with Crippen molar-refractivity contribution in [1.82, 2.24) is 10.2 Å². The largest absolute Gasteiger partial charge is 0.367 e. The Morgan fingerprint density at radius 3 is 2.23 bits per heavy atom. The standard InChI is InChI=1S/C20H24FN3O.ClH/c1-16(25)22-14-17-6-8-18(9-7-17)15-23-10-12-24(13-11-23)20-5-3-2-4-19(20)21;/h2-9H,10-15H2,1H3,(H,22,25);1H. The molecule has 0 bridgehead atoms. The van der Waals surface area contributed by atoms with Crippen molar-refractivity contribution >= 4 is 24.0 Å². The van der Waals surface area contributed by atoms with Crippen LogP contribution in [-0.4, -0.2) is 37.0 Å². The average molecular weight is 378 g/mol. The van der Waals surface area contributed by atoms with Gasteiger partial charge in [0.15, 0.2) is 0 Å². The van der Waals surface area contributed by atoms with E-state index in [-0.39, 0.29) is 24.1 Å². The molecule has 6 heteroatoms. The Morgan fingerprint density at radius 2 is 1.62 bits per heavy atom. The Morgan fingerprint density at radius 1 is 1.00 bits per heavy atom. The van der Waals surface area contributed by atoms with Crippen LogP contribution in [0.4, 0.5) is 10.1 Å². The monoisotopic (exact) mass is 377 g/mol. The minimum Gasteiger partial charge on any atom is -0.367 e. The summed E-state index contributed by atoms with van der Waals surface area (Å²) in [6.07, 6.45) is 0. The molecule has 2 aromatic carbocycles. The molecule has 1 saturated heterocycles. The van der Waals surface area contributed by atoms with E-state index in [0.717, 1.165) is 38.3 Å². The summed E-state index contributed by atoms with van der Waals surface area (Å²) in [6, 6.07) is 15.3. The van der Waals surface area contributed by atoms with E-state index in [2.05, 4.69) is 39.4 Å². The van der Waals surface area contributed by atoms with Gasteiger partial charge in [-0.05, 0) is 23.3 Å². The quantitative estimate of drug-likeness (QED) is 0.869.